The zero-order valence-corrected chi connectivity index (χ0v) is 16.4. The molecule has 4 rings (SSSR count). The van der Waals surface area contributed by atoms with Crippen LogP contribution >= 0.6 is 11.6 Å². The van der Waals surface area contributed by atoms with Crippen LogP contribution < -0.4 is 0 Å². The minimum absolute atomic E-state index is 0.328. The molecule has 0 spiro atoms. The number of hydrogen-bond donors (Lipinski definition) is 0. The van der Waals surface area contributed by atoms with Gasteiger partial charge < -0.3 is 9.30 Å². The van der Waals surface area contributed by atoms with Crippen molar-refractivity contribution in [3.63, 3.8) is 0 Å². The number of aryl methyl sites for hydroxylation is 1. The molecule has 4 aromatic rings. The van der Waals surface area contributed by atoms with Gasteiger partial charge in [-0.05, 0) is 55.0 Å². The molecule has 0 unspecified atom stereocenters. The molecule has 0 N–H and O–H groups in total. The molecule has 0 bridgehead atoms. The Labute approximate surface area is 168 Å². The lowest BCUT2D eigenvalue weighted by Gasteiger charge is -2.10. The molecule has 140 valence electrons. The summed E-state index contributed by atoms with van der Waals surface area (Å²) in [5.41, 5.74) is 5.53. The first-order chi connectivity index (χ1) is 13.6. The summed E-state index contributed by atoms with van der Waals surface area (Å²) in [6, 6.07) is 17.3. The monoisotopic (exact) mass is 390 g/mol. The van der Waals surface area contributed by atoms with Gasteiger partial charge in [0.25, 0.3) is 0 Å². The average molecular weight is 391 g/mol. The Morgan fingerprint density at radius 1 is 1.11 bits per heavy atom. The van der Waals surface area contributed by atoms with Gasteiger partial charge in [-0.25, -0.2) is 4.79 Å². The van der Waals surface area contributed by atoms with E-state index < -0.39 is 0 Å². The van der Waals surface area contributed by atoms with E-state index in [1.807, 2.05) is 61.8 Å². The van der Waals surface area contributed by atoms with Crippen molar-refractivity contribution >= 4 is 28.5 Å². The number of fused-ring (bicyclic) bond motifs is 1. The molecule has 0 aliphatic rings. The Balaban J connectivity index is 2.02. The van der Waals surface area contributed by atoms with Gasteiger partial charge in [-0.1, -0.05) is 23.7 Å². The Morgan fingerprint density at radius 2 is 1.93 bits per heavy atom. The minimum atomic E-state index is -0.328. The summed E-state index contributed by atoms with van der Waals surface area (Å²) in [4.78, 5) is 16.5. The number of carbonyl (C=O) groups excluding carboxylic acids is 1. The van der Waals surface area contributed by atoms with Crippen LogP contribution in [0.5, 0.6) is 0 Å². The van der Waals surface area contributed by atoms with E-state index in [4.69, 9.17) is 16.3 Å². The highest BCUT2D eigenvalue weighted by Gasteiger charge is 2.20. The van der Waals surface area contributed by atoms with Crippen LogP contribution in [-0.2, 0) is 11.8 Å². The van der Waals surface area contributed by atoms with E-state index >= 15 is 0 Å². The lowest BCUT2D eigenvalue weighted by Crippen LogP contribution is -2.04. The number of rotatable bonds is 4. The predicted octanol–water partition coefficient (Wildman–Crippen LogP) is 5.74. The number of nitrogens with zero attached hydrogens (tertiary/aromatic N) is 2. The summed E-state index contributed by atoms with van der Waals surface area (Å²) < 4.78 is 7.30. The van der Waals surface area contributed by atoms with Crippen LogP contribution in [0.2, 0.25) is 5.02 Å². The van der Waals surface area contributed by atoms with Gasteiger partial charge in [0.1, 0.15) is 0 Å². The minimum Gasteiger partial charge on any atom is -0.462 e. The van der Waals surface area contributed by atoms with Crippen LogP contribution in [0, 0.1) is 0 Å². The summed E-state index contributed by atoms with van der Waals surface area (Å²) in [7, 11) is 2.03. The smallest absolute Gasteiger partial charge is 0.338 e. The van der Waals surface area contributed by atoms with Crippen LogP contribution in [0.3, 0.4) is 0 Å². The van der Waals surface area contributed by atoms with E-state index in [0.717, 1.165) is 33.3 Å². The van der Waals surface area contributed by atoms with E-state index in [-0.39, 0.29) is 5.97 Å². The Kier molecular flexibility index (Phi) is 4.88. The van der Waals surface area contributed by atoms with Crippen molar-refractivity contribution in [2.24, 2.45) is 7.05 Å². The second-order valence-corrected chi connectivity index (χ2v) is 6.92. The highest BCUT2D eigenvalue weighted by molar-refractivity contribution is 6.31. The maximum atomic E-state index is 12.2. The molecule has 0 radical (unpaired) electrons. The molecule has 4 nitrogen and oxygen atoms in total. The Morgan fingerprint density at radius 3 is 2.68 bits per heavy atom. The van der Waals surface area contributed by atoms with Crippen LogP contribution in [0.15, 0.2) is 67.0 Å². The fourth-order valence-electron chi connectivity index (χ4n) is 3.57. The molecule has 28 heavy (non-hydrogen) atoms. The maximum absolute atomic E-state index is 12.2. The van der Waals surface area contributed by atoms with E-state index in [1.165, 1.54) is 0 Å². The van der Waals surface area contributed by atoms with Crippen molar-refractivity contribution in [2.75, 3.05) is 6.61 Å². The standard InChI is InChI=1S/C23H19ClN2O2/c1-3-28-23(27)16-7-4-6-15(12-16)21-19-13-18(24)9-10-20(19)26(2)22(21)17-8-5-11-25-14-17/h4-14H,3H2,1-2H3. The molecule has 2 heterocycles. The van der Waals surface area contributed by atoms with Crippen molar-refractivity contribution in [1.29, 1.82) is 0 Å². The van der Waals surface area contributed by atoms with Crippen molar-refractivity contribution in [3.8, 4) is 22.4 Å². The van der Waals surface area contributed by atoms with Crippen LogP contribution in [-0.4, -0.2) is 22.1 Å². The molecule has 0 saturated carbocycles. The highest BCUT2D eigenvalue weighted by Crippen LogP contribution is 2.41. The van der Waals surface area contributed by atoms with Gasteiger partial charge in [-0.3, -0.25) is 4.98 Å². The molecular formula is C23H19ClN2O2. The largest absolute Gasteiger partial charge is 0.462 e. The third-order valence-electron chi connectivity index (χ3n) is 4.76. The van der Waals surface area contributed by atoms with Crippen molar-refractivity contribution < 1.29 is 9.53 Å². The third-order valence-corrected chi connectivity index (χ3v) is 4.99. The van der Waals surface area contributed by atoms with Gasteiger partial charge in [-0.2, -0.15) is 0 Å². The lowest BCUT2D eigenvalue weighted by molar-refractivity contribution is 0.0526. The molecule has 2 aromatic heterocycles. The maximum Gasteiger partial charge on any atom is 0.338 e. The number of aromatic nitrogens is 2. The molecular weight excluding hydrogens is 372 g/mol. The first-order valence-corrected chi connectivity index (χ1v) is 9.44. The Bertz CT molecular complexity index is 1170. The van der Waals surface area contributed by atoms with Gasteiger partial charge in [0.15, 0.2) is 0 Å². The molecule has 0 saturated heterocycles. The zero-order chi connectivity index (χ0) is 19.7. The fraction of sp³-hybridized carbons (Fsp3) is 0.130. The molecule has 0 aliphatic carbocycles. The predicted molar refractivity (Wildman–Crippen MR) is 113 cm³/mol. The molecule has 5 heteroatoms. The highest BCUT2D eigenvalue weighted by atomic mass is 35.5. The molecule has 2 aromatic carbocycles. The normalized spacial score (nSPS) is 11.0. The number of pyridine rings is 1. The van der Waals surface area contributed by atoms with Gasteiger partial charge in [0.05, 0.1) is 17.9 Å². The first-order valence-electron chi connectivity index (χ1n) is 9.06. The van der Waals surface area contributed by atoms with Gasteiger partial charge >= 0.3 is 5.97 Å². The number of esters is 1. The van der Waals surface area contributed by atoms with Crippen molar-refractivity contribution in [2.45, 2.75) is 6.92 Å². The quantitative estimate of drug-likeness (QED) is 0.417. The van der Waals surface area contributed by atoms with Crippen molar-refractivity contribution in [3.05, 3.63) is 77.6 Å². The van der Waals surface area contributed by atoms with Crippen LogP contribution in [0.25, 0.3) is 33.3 Å². The number of hydrogen-bond acceptors (Lipinski definition) is 3. The average Bonchev–Trinajstić information content (AvgIpc) is 3.00. The topological polar surface area (TPSA) is 44.1 Å². The van der Waals surface area contributed by atoms with Crippen LogP contribution in [0.1, 0.15) is 17.3 Å². The fourth-order valence-corrected chi connectivity index (χ4v) is 3.74. The number of ether oxygens (including phenoxy) is 1. The molecule has 0 atom stereocenters. The summed E-state index contributed by atoms with van der Waals surface area (Å²) in [5.74, 6) is -0.328. The number of halogens is 1. The molecule has 0 amide bonds. The third kappa shape index (κ3) is 3.16. The number of benzene rings is 2. The van der Waals surface area contributed by atoms with E-state index in [0.29, 0.717) is 17.2 Å². The van der Waals surface area contributed by atoms with Gasteiger partial charge in [0, 0.05) is 46.5 Å². The summed E-state index contributed by atoms with van der Waals surface area (Å²) in [5, 5.41) is 1.69. The van der Waals surface area contributed by atoms with E-state index in [1.54, 1.807) is 19.2 Å². The van der Waals surface area contributed by atoms with Gasteiger partial charge in [-0.15, -0.1) is 0 Å². The second kappa shape index (κ2) is 7.49. The zero-order valence-electron chi connectivity index (χ0n) is 15.6. The van der Waals surface area contributed by atoms with Gasteiger partial charge in [0.2, 0.25) is 0 Å². The second-order valence-electron chi connectivity index (χ2n) is 6.49. The van der Waals surface area contributed by atoms with Crippen LogP contribution in [0.4, 0.5) is 0 Å². The van der Waals surface area contributed by atoms with E-state index in [2.05, 4.69) is 9.55 Å². The van der Waals surface area contributed by atoms with Crippen molar-refractivity contribution in [1.82, 2.24) is 9.55 Å². The number of carbonyl (C=O) groups is 1. The Hall–Kier alpha value is -3.11. The molecule has 0 fully saturated rings. The SMILES string of the molecule is CCOC(=O)c1cccc(-c2c(-c3cccnc3)n(C)c3ccc(Cl)cc23)c1. The first kappa shape index (κ1) is 18.3. The summed E-state index contributed by atoms with van der Waals surface area (Å²) >= 11 is 6.31. The lowest BCUT2D eigenvalue weighted by atomic mass is 9.97. The summed E-state index contributed by atoms with van der Waals surface area (Å²) in [6.45, 7) is 2.14. The molecule has 0 aliphatic heterocycles. The summed E-state index contributed by atoms with van der Waals surface area (Å²) in [6.07, 6.45) is 3.60. The van der Waals surface area contributed by atoms with E-state index in [9.17, 15) is 4.79 Å².